The fourth-order valence-electron chi connectivity index (χ4n) is 1.90. The Hall–Kier alpha value is -2.73. The molecule has 146 valence electrons. The van der Waals surface area contributed by atoms with Crippen LogP contribution in [0.2, 0.25) is 0 Å². The van der Waals surface area contributed by atoms with E-state index in [9.17, 15) is 24.6 Å². The lowest BCUT2D eigenvalue weighted by Gasteiger charge is -2.16. The third kappa shape index (κ3) is 6.64. The first-order valence-corrected chi connectivity index (χ1v) is 7.96. The van der Waals surface area contributed by atoms with Crippen LogP contribution in [0.15, 0.2) is 4.52 Å². The van der Waals surface area contributed by atoms with Crippen LogP contribution in [-0.2, 0) is 16.1 Å². The van der Waals surface area contributed by atoms with Crippen molar-refractivity contribution < 1.29 is 34.2 Å². The van der Waals surface area contributed by atoms with Crippen molar-refractivity contribution in [2.24, 2.45) is 0 Å². The molecule has 1 aromatic heterocycles. The molecule has 1 aromatic rings. The lowest BCUT2D eigenvalue weighted by Crippen LogP contribution is -2.51. The van der Waals surface area contributed by atoms with Crippen LogP contribution in [0, 0.1) is 0 Å². The van der Waals surface area contributed by atoms with Gasteiger partial charge in [-0.25, -0.2) is 9.59 Å². The van der Waals surface area contributed by atoms with E-state index < -0.39 is 36.8 Å². The quantitative estimate of drug-likeness (QED) is 0.288. The normalized spacial score (nSPS) is 14.2. The van der Waals surface area contributed by atoms with Crippen LogP contribution in [0.3, 0.4) is 0 Å². The van der Waals surface area contributed by atoms with Crippen molar-refractivity contribution >= 4 is 17.9 Å². The van der Waals surface area contributed by atoms with Crippen molar-refractivity contribution in [1.82, 2.24) is 26.1 Å². The monoisotopic (exact) mass is 373 g/mol. The first-order valence-electron chi connectivity index (χ1n) is 7.96. The number of carboxylic acids is 1. The molecule has 6 N–H and O–H groups in total. The molecule has 3 amide bonds. The van der Waals surface area contributed by atoms with E-state index in [1.807, 2.05) is 6.92 Å². The molecule has 1 rings (SSSR count). The zero-order valence-corrected chi connectivity index (χ0v) is 14.4. The van der Waals surface area contributed by atoms with Gasteiger partial charge in [-0.05, 0) is 13.3 Å². The van der Waals surface area contributed by atoms with E-state index in [1.165, 1.54) is 6.92 Å². The maximum Gasteiger partial charge on any atom is 0.328 e. The van der Waals surface area contributed by atoms with Crippen LogP contribution in [0.25, 0.3) is 0 Å². The van der Waals surface area contributed by atoms with Gasteiger partial charge in [0.25, 0.3) is 0 Å². The van der Waals surface area contributed by atoms with Crippen LogP contribution in [0.5, 0.6) is 0 Å². The van der Waals surface area contributed by atoms with Gasteiger partial charge in [-0.1, -0.05) is 12.1 Å². The van der Waals surface area contributed by atoms with Crippen molar-refractivity contribution in [3.8, 4) is 0 Å². The van der Waals surface area contributed by atoms with Gasteiger partial charge in [-0.3, -0.25) is 4.79 Å². The predicted octanol–water partition coefficient (Wildman–Crippen LogP) is -1.35. The molecule has 0 spiro atoms. The van der Waals surface area contributed by atoms with Gasteiger partial charge in [0.15, 0.2) is 11.9 Å². The van der Waals surface area contributed by atoms with E-state index in [0.717, 1.165) is 0 Å². The average molecular weight is 373 g/mol. The Morgan fingerprint density at radius 1 is 1.27 bits per heavy atom. The van der Waals surface area contributed by atoms with Crippen LogP contribution >= 0.6 is 0 Å². The summed E-state index contributed by atoms with van der Waals surface area (Å²) in [6.45, 7) is 2.41. The second-order valence-corrected chi connectivity index (χ2v) is 5.48. The topological polar surface area (TPSA) is 187 Å². The molecule has 0 bridgehead atoms. The number of aromatic nitrogens is 2. The van der Waals surface area contributed by atoms with Gasteiger partial charge < -0.3 is 35.8 Å². The maximum absolute atomic E-state index is 11.7. The number of carbonyl (C=O) groups excluding carboxylic acids is 2. The summed E-state index contributed by atoms with van der Waals surface area (Å²) >= 11 is 0. The molecule has 1 heterocycles. The molecule has 0 fully saturated rings. The van der Waals surface area contributed by atoms with Crippen LogP contribution in [-0.4, -0.2) is 62.1 Å². The molecule has 0 aromatic carbocycles. The molecule has 12 nitrogen and oxygen atoms in total. The number of aliphatic hydroxyl groups is 2. The van der Waals surface area contributed by atoms with Crippen LogP contribution in [0.4, 0.5) is 4.79 Å². The first-order chi connectivity index (χ1) is 12.3. The Morgan fingerprint density at radius 3 is 2.50 bits per heavy atom. The Bertz CT molecular complexity index is 619. The standard InChI is InChI=1S/C14H23N5O7/c1-3-4-9(22)16-8(6-20)12-17-10(26-19-12)5-15-14(25)18-11(7(2)21)13(23)24/h7-8,11,20-21H,3-6H2,1-2H3,(H,16,22)(H,23,24)(H2,15,18,25). The first kappa shape index (κ1) is 21.3. The number of carbonyl (C=O) groups is 3. The number of rotatable bonds is 10. The number of aliphatic hydroxyl groups excluding tert-OH is 2. The third-order valence-electron chi connectivity index (χ3n) is 3.23. The summed E-state index contributed by atoms with van der Waals surface area (Å²) in [6.07, 6.45) is -0.355. The van der Waals surface area contributed by atoms with Crippen molar-refractivity contribution in [2.45, 2.75) is 51.4 Å². The van der Waals surface area contributed by atoms with Crippen molar-refractivity contribution in [3.05, 3.63) is 11.7 Å². The number of amides is 3. The van der Waals surface area contributed by atoms with Gasteiger partial charge >= 0.3 is 12.0 Å². The minimum atomic E-state index is -1.47. The number of nitrogens with one attached hydrogen (secondary N) is 3. The van der Waals surface area contributed by atoms with Gasteiger partial charge in [0.05, 0.1) is 19.3 Å². The van der Waals surface area contributed by atoms with Gasteiger partial charge in [-0.2, -0.15) is 4.98 Å². The molecular formula is C14H23N5O7. The van der Waals surface area contributed by atoms with Crippen molar-refractivity contribution in [2.75, 3.05) is 6.61 Å². The number of nitrogens with zero attached hydrogens (tertiary/aromatic N) is 2. The van der Waals surface area contributed by atoms with E-state index in [4.69, 9.17) is 9.63 Å². The Balaban J connectivity index is 2.58. The number of carboxylic acid groups (broad SMARTS) is 1. The average Bonchev–Trinajstić information content (AvgIpc) is 3.04. The van der Waals surface area contributed by atoms with Gasteiger partial charge in [0, 0.05) is 6.42 Å². The van der Waals surface area contributed by atoms with Crippen molar-refractivity contribution in [3.63, 3.8) is 0 Å². The summed E-state index contributed by atoms with van der Waals surface area (Å²) in [6, 6.07) is -3.17. The minimum Gasteiger partial charge on any atom is -0.480 e. The Morgan fingerprint density at radius 2 is 1.96 bits per heavy atom. The molecule has 3 unspecified atom stereocenters. The molecular weight excluding hydrogens is 350 g/mol. The summed E-state index contributed by atoms with van der Waals surface area (Å²) in [4.78, 5) is 38.1. The van der Waals surface area contributed by atoms with Gasteiger partial charge in [-0.15, -0.1) is 0 Å². The summed E-state index contributed by atoms with van der Waals surface area (Å²) in [7, 11) is 0. The summed E-state index contributed by atoms with van der Waals surface area (Å²) in [5.41, 5.74) is 0. The Labute approximate surface area is 149 Å². The van der Waals surface area contributed by atoms with E-state index in [2.05, 4.69) is 26.1 Å². The smallest absolute Gasteiger partial charge is 0.328 e. The number of hydrogen-bond donors (Lipinski definition) is 6. The summed E-state index contributed by atoms with van der Waals surface area (Å²) in [5, 5.41) is 38.1. The zero-order chi connectivity index (χ0) is 19.7. The highest BCUT2D eigenvalue weighted by molar-refractivity contribution is 5.82. The van der Waals surface area contributed by atoms with Crippen LogP contribution in [0.1, 0.15) is 44.4 Å². The van der Waals surface area contributed by atoms with E-state index in [-0.39, 0.29) is 30.6 Å². The fraction of sp³-hybridized carbons (Fsp3) is 0.643. The molecule has 3 atom stereocenters. The SMILES string of the molecule is CCCC(=O)NC(CO)c1noc(CNC(=O)NC(C(=O)O)C(C)O)n1. The number of aliphatic carboxylic acids is 1. The van der Waals surface area contributed by atoms with Gasteiger partial charge in [0.2, 0.25) is 11.8 Å². The molecule has 26 heavy (non-hydrogen) atoms. The minimum absolute atomic E-state index is 0.0118. The Kier molecular flexibility index (Phi) is 8.45. The fourth-order valence-corrected chi connectivity index (χ4v) is 1.90. The third-order valence-corrected chi connectivity index (χ3v) is 3.23. The second-order valence-electron chi connectivity index (χ2n) is 5.48. The largest absolute Gasteiger partial charge is 0.480 e. The second kappa shape index (κ2) is 10.3. The zero-order valence-electron chi connectivity index (χ0n) is 14.4. The molecule has 0 radical (unpaired) electrons. The van der Waals surface area contributed by atoms with Gasteiger partial charge in [0.1, 0.15) is 6.04 Å². The highest BCUT2D eigenvalue weighted by atomic mass is 16.5. The molecule has 12 heteroatoms. The summed E-state index contributed by atoms with van der Waals surface area (Å²) in [5.74, 6) is -1.62. The van der Waals surface area contributed by atoms with E-state index >= 15 is 0 Å². The molecule has 0 aliphatic heterocycles. The lowest BCUT2D eigenvalue weighted by molar-refractivity contribution is -0.141. The highest BCUT2D eigenvalue weighted by Gasteiger charge is 2.25. The van der Waals surface area contributed by atoms with E-state index in [0.29, 0.717) is 6.42 Å². The number of hydrogen-bond acceptors (Lipinski definition) is 8. The lowest BCUT2D eigenvalue weighted by atomic mass is 10.2. The summed E-state index contributed by atoms with van der Waals surface area (Å²) < 4.78 is 4.91. The predicted molar refractivity (Wildman–Crippen MR) is 85.7 cm³/mol. The van der Waals surface area contributed by atoms with Crippen LogP contribution < -0.4 is 16.0 Å². The highest BCUT2D eigenvalue weighted by Crippen LogP contribution is 2.09. The molecule has 0 aliphatic carbocycles. The molecule has 0 saturated carbocycles. The molecule has 0 saturated heterocycles. The molecule has 0 aliphatic rings. The van der Waals surface area contributed by atoms with Crippen molar-refractivity contribution in [1.29, 1.82) is 0 Å². The maximum atomic E-state index is 11.7. The number of urea groups is 1. The van der Waals surface area contributed by atoms with E-state index in [1.54, 1.807) is 0 Å².